The quantitative estimate of drug-likeness (QED) is 0.752. The Kier molecular flexibility index (Phi) is 5.25. The van der Waals surface area contributed by atoms with Gasteiger partial charge >= 0.3 is 0 Å². The van der Waals surface area contributed by atoms with E-state index in [2.05, 4.69) is 26.7 Å². The van der Waals surface area contributed by atoms with E-state index < -0.39 is 9.84 Å². The molecule has 20 heavy (non-hydrogen) atoms. The molecule has 1 aliphatic rings. The van der Waals surface area contributed by atoms with Gasteiger partial charge in [0, 0.05) is 31.1 Å². The fraction of sp³-hybridized carbons (Fsp3) is 0.909. The zero-order valence-electron chi connectivity index (χ0n) is 11.9. The van der Waals surface area contributed by atoms with Crippen LogP contribution >= 0.6 is 11.8 Å². The maximum absolute atomic E-state index is 11.1. The van der Waals surface area contributed by atoms with Crippen LogP contribution in [0.2, 0.25) is 0 Å². The van der Waals surface area contributed by atoms with Crippen molar-refractivity contribution in [3.63, 3.8) is 0 Å². The molecule has 1 aliphatic heterocycles. The van der Waals surface area contributed by atoms with Gasteiger partial charge in [-0.3, -0.25) is 0 Å². The van der Waals surface area contributed by atoms with Crippen LogP contribution in [-0.2, 0) is 16.4 Å². The largest absolute Gasteiger partial charge is 0.340 e. The number of aryl methyl sites for hydroxylation is 1. The molecule has 1 saturated heterocycles. The lowest BCUT2D eigenvalue weighted by atomic mass is 10.1. The number of thioether (sulfide) groups is 1. The van der Waals surface area contributed by atoms with Crippen molar-refractivity contribution in [1.82, 2.24) is 20.2 Å². The van der Waals surface area contributed by atoms with Gasteiger partial charge in [0.05, 0.1) is 5.75 Å². The molecule has 0 unspecified atom stereocenters. The summed E-state index contributed by atoms with van der Waals surface area (Å²) in [6.07, 6.45) is 6.21. The predicted molar refractivity (Wildman–Crippen MR) is 80.9 cm³/mol. The Morgan fingerprint density at radius 3 is 2.65 bits per heavy atom. The van der Waals surface area contributed by atoms with Gasteiger partial charge in [-0.1, -0.05) is 5.10 Å². The normalized spacial score (nSPS) is 17.6. The van der Waals surface area contributed by atoms with E-state index in [9.17, 15) is 8.42 Å². The van der Waals surface area contributed by atoms with Crippen molar-refractivity contribution in [2.24, 2.45) is 0 Å². The average Bonchev–Trinajstić information content (AvgIpc) is 2.86. The summed E-state index contributed by atoms with van der Waals surface area (Å²) in [4.78, 5) is 2.19. The summed E-state index contributed by atoms with van der Waals surface area (Å²) in [7, 11) is -2.92. The molecule has 0 N–H and O–H groups in total. The van der Waals surface area contributed by atoms with Crippen molar-refractivity contribution in [2.75, 3.05) is 36.3 Å². The lowest BCUT2D eigenvalue weighted by Crippen LogP contribution is -2.36. The van der Waals surface area contributed by atoms with E-state index in [1.807, 2.05) is 11.8 Å². The van der Waals surface area contributed by atoms with Crippen LogP contribution in [0.15, 0.2) is 0 Å². The first kappa shape index (κ1) is 15.6. The number of piperidine rings is 1. The molecule has 0 aromatic carbocycles. The van der Waals surface area contributed by atoms with Gasteiger partial charge in [-0.2, -0.15) is 11.8 Å². The van der Waals surface area contributed by atoms with E-state index in [1.165, 1.54) is 6.26 Å². The molecule has 0 spiro atoms. The summed E-state index contributed by atoms with van der Waals surface area (Å²) in [5.41, 5.74) is 0. The third-order valence-electron chi connectivity index (χ3n) is 3.46. The van der Waals surface area contributed by atoms with Gasteiger partial charge in [-0.15, -0.1) is 0 Å². The molecule has 1 fully saturated rings. The zero-order valence-corrected chi connectivity index (χ0v) is 13.5. The van der Waals surface area contributed by atoms with Crippen molar-refractivity contribution in [2.45, 2.75) is 31.1 Å². The molecule has 0 amide bonds. The highest BCUT2D eigenvalue weighted by atomic mass is 32.2. The van der Waals surface area contributed by atoms with Crippen molar-refractivity contribution in [3.05, 3.63) is 0 Å². The Morgan fingerprint density at radius 2 is 2.05 bits per heavy atom. The lowest BCUT2D eigenvalue weighted by molar-refractivity contribution is 0.533. The summed E-state index contributed by atoms with van der Waals surface area (Å²) >= 11 is 1.91. The molecule has 0 aliphatic carbocycles. The van der Waals surface area contributed by atoms with Crippen molar-refractivity contribution in [1.29, 1.82) is 0 Å². The minimum absolute atomic E-state index is 0.168. The van der Waals surface area contributed by atoms with E-state index in [4.69, 9.17) is 0 Å². The summed E-state index contributed by atoms with van der Waals surface area (Å²) in [6.45, 7) is 2.45. The van der Waals surface area contributed by atoms with E-state index >= 15 is 0 Å². The topological polar surface area (TPSA) is 81.0 Å². The minimum Gasteiger partial charge on any atom is -0.340 e. The summed E-state index contributed by atoms with van der Waals surface area (Å²) in [5, 5.41) is 12.5. The third kappa shape index (κ3) is 4.34. The summed E-state index contributed by atoms with van der Waals surface area (Å²) < 4.78 is 24.0. The van der Waals surface area contributed by atoms with Gasteiger partial charge in [0.15, 0.2) is 0 Å². The lowest BCUT2D eigenvalue weighted by Gasteiger charge is -2.31. The fourth-order valence-corrected chi connectivity index (χ4v) is 3.67. The van der Waals surface area contributed by atoms with Crippen LogP contribution in [-0.4, -0.2) is 65.2 Å². The summed E-state index contributed by atoms with van der Waals surface area (Å²) in [5.74, 6) is 0.930. The van der Waals surface area contributed by atoms with E-state index in [1.54, 1.807) is 4.68 Å². The maximum atomic E-state index is 11.1. The molecule has 1 aromatic heterocycles. The Labute approximate surface area is 124 Å². The molecule has 114 valence electrons. The Balaban J connectivity index is 1.92. The Bertz CT molecular complexity index is 523. The SMILES string of the molecule is CSC1CCN(c2nnnn2CCCS(C)(=O)=O)CC1. The van der Waals surface area contributed by atoms with Gasteiger partial charge in [0.2, 0.25) is 5.95 Å². The monoisotopic (exact) mass is 319 g/mol. The number of tetrazole rings is 1. The molecule has 0 bridgehead atoms. The number of aromatic nitrogens is 4. The van der Waals surface area contributed by atoms with Gasteiger partial charge in [-0.05, 0) is 35.9 Å². The zero-order chi connectivity index (χ0) is 14.6. The van der Waals surface area contributed by atoms with Gasteiger partial charge in [0.25, 0.3) is 0 Å². The smallest absolute Gasteiger partial charge is 0.245 e. The first-order valence-electron chi connectivity index (χ1n) is 6.71. The van der Waals surface area contributed by atoms with E-state index in [-0.39, 0.29) is 5.75 Å². The highest BCUT2D eigenvalue weighted by Crippen LogP contribution is 2.23. The Hall–Kier alpha value is -0.830. The van der Waals surface area contributed by atoms with Gasteiger partial charge in [0.1, 0.15) is 9.84 Å². The average molecular weight is 319 g/mol. The standard InChI is InChI=1S/C11H21N5O2S2/c1-19-10-4-7-15(8-5-10)11-12-13-14-16(11)6-3-9-20(2,17)18/h10H,3-9H2,1-2H3. The third-order valence-corrected chi connectivity index (χ3v) is 5.62. The number of hydrogen-bond donors (Lipinski definition) is 0. The van der Waals surface area contributed by atoms with Crippen LogP contribution in [0.4, 0.5) is 5.95 Å². The predicted octanol–water partition coefficient (Wildman–Crippen LogP) is 0.440. The van der Waals surface area contributed by atoms with Crippen molar-refractivity contribution >= 4 is 27.5 Å². The molecular formula is C11H21N5O2S2. The second-order valence-electron chi connectivity index (χ2n) is 5.11. The second-order valence-corrected chi connectivity index (χ2v) is 8.51. The van der Waals surface area contributed by atoms with E-state index in [0.29, 0.717) is 13.0 Å². The maximum Gasteiger partial charge on any atom is 0.245 e. The minimum atomic E-state index is -2.92. The van der Waals surface area contributed by atoms with Crippen molar-refractivity contribution < 1.29 is 8.42 Å². The molecular weight excluding hydrogens is 298 g/mol. The second kappa shape index (κ2) is 6.75. The molecule has 0 atom stereocenters. The first-order valence-corrected chi connectivity index (χ1v) is 10.1. The molecule has 7 nitrogen and oxygen atoms in total. The molecule has 0 saturated carbocycles. The van der Waals surface area contributed by atoms with Gasteiger partial charge in [-0.25, -0.2) is 13.1 Å². The molecule has 1 aromatic rings. The number of nitrogens with zero attached hydrogens (tertiary/aromatic N) is 5. The van der Waals surface area contributed by atoms with Crippen LogP contribution in [0.25, 0.3) is 0 Å². The Morgan fingerprint density at radius 1 is 1.35 bits per heavy atom. The van der Waals surface area contributed by atoms with Gasteiger partial charge < -0.3 is 4.90 Å². The van der Waals surface area contributed by atoms with Crippen molar-refractivity contribution in [3.8, 4) is 0 Å². The number of anilines is 1. The van der Waals surface area contributed by atoms with E-state index in [0.717, 1.165) is 37.1 Å². The van der Waals surface area contributed by atoms with Crippen LogP contribution in [0.1, 0.15) is 19.3 Å². The fourth-order valence-electron chi connectivity index (χ4n) is 2.34. The van der Waals surface area contributed by atoms with Crippen LogP contribution in [0.3, 0.4) is 0 Å². The molecule has 2 rings (SSSR count). The number of hydrogen-bond acceptors (Lipinski definition) is 7. The number of rotatable bonds is 6. The number of sulfone groups is 1. The van der Waals surface area contributed by atoms with Crippen LogP contribution in [0, 0.1) is 0 Å². The summed E-state index contributed by atoms with van der Waals surface area (Å²) in [6, 6.07) is 0. The highest BCUT2D eigenvalue weighted by molar-refractivity contribution is 7.99. The molecule has 2 heterocycles. The highest BCUT2D eigenvalue weighted by Gasteiger charge is 2.22. The van der Waals surface area contributed by atoms with Crippen LogP contribution in [0.5, 0.6) is 0 Å². The van der Waals surface area contributed by atoms with Crippen LogP contribution < -0.4 is 4.90 Å². The molecule has 0 radical (unpaired) electrons. The first-order chi connectivity index (χ1) is 9.49. The molecule has 9 heteroatoms.